The lowest BCUT2D eigenvalue weighted by Crippen LogP contribution is -2.52. The standard InChI is InChI=1S/C18H23F2N3O3S.ClH/c19-18(20)26-15-4-2-1-3-14(15)17(25)23-8-6-22(7-9-23)16(24)11-13-12-27-10-5-21-13;/h1-4,13,18,21H,5-12H2;1H. The summed E-state index contributed by atoms with van der Waals surface area (Å²) < 4.78 is 29.5. The van der Waals surface area contributed by atoms with Gasteiger partial charge in [-0.15, -0.1) is 12.4 Å². The number of hydrogen-bond donors (Lipinski definition) is 1. The zero-order chi connectivity index (χ0) is 19.2. The molecule has 2 amide bonds. The maximum atomic E-state index is 12.7. The zero-order valence-electron chi connectivity index (χ0n) is 15.3. The number of rotatable bonds is 5. The van der Waals surface area contributed by atoms with Crippen molar-refractivity contribution >= 4 is 36.0 Å². The summed E-state index contributed by atoms with van der Waals surface area (Å²) in [6.45, 7) is -0.420. The molecule has 2 fully saturated rings. The van der Waals surface area contributed by atoms with Crippen LogP contribution < -0.4 is 10.1 Å². The zero-order valence-corrected chi connectivity index (χ0v) is 16.9. The number of carbonyl (C=O) groups is 2. The summed E-state index contributed by atoms with van der Waals surface area (Å²) >= 11 is 1.85. The van der Waals surface area contributed by atoms with Crippen LogP contribution >= 0.6 is 24.2 Å². The van der Waals surface area contributed by atoms with E-state index in [4.69, 9.17) is 0 Å². The van der Waals surface area contributed by atoms with Gasteiger partial charge in [0.2, 0.25) is 5.91 Å². The van der Waals surface area contributed by atoms with Gasteiger partial charge in [-0.2, -0.15) is 20.5 Å². The van der Waals surface area contributed by atoms with Gasteiger partial charge in [-0.05, 0) is 12.1 Å². The van der Waals surface area contributed by atoms with Crippen molar-refractivity contribution < 1.29 is 23.1 Å². The predicted octanol–water partition coefficient (Wildman–Crippen LogP) is 2.09. The van der Waals surface area contributed by atoms with Crippen LogP contribution in [0.15, 0.2) is 24.3 Å². The summed E-state index contributed by atoms with van der Waals surface area (Å²) in [5, 5.41) is 3.35. The van der Waals surface area contributed by atoms with Gasteiger partial charge in [0, 0.05) is 56.7 Å². The van der Waals surface area contributed by atoms with Crippen LogP contribution in [-0.2, 0) is 4.79 Å². The molecule has 28 heavy (non-hydrogen) atoms. The van der Waals surface area contributed by atoms with Gasteiger partial charge in [-0.25, -0.2) is 0 Å². The number of thioether (sulfide) groups is 1. The first-order valence-corrected chi connectivity index (χ1v) is 10.1. The summed E-state index contributed by atoms with van der Waals surface area (Å²) in [6, 6.07) is 6.19. The SMILES string of the molecule is Cl.O=C(CC1CSCCN1)N1CCN(C(=O)c2ccccc2OC(F)F)CC1. The van der Waals surface area contributed by atoms with Crippen molar-refractivity contribution in [1.29, 1.82) is 0 Å². The second kappa shape index (κ2) is 10.8. The second-order valence-electron chi connectivity index (χ2n) is 6.48. The van der Waals surface area contributed by atoms with Crippen molar-refractivity contribution in [2.75, 3.05) is 44.2 Å². The van der Waals surface area contributed by atoms with Crippen LogP contribution in [0.2, 0.25) is 0 Å². The molecule has 1 aromatic rings. The van der Waals surface area contributed by atoms with Crippen molar-refractivity contribution in [3.05, 3.63) is 29.8 Å². The lowest BCUT2D eigenvalue weighted by Gasteiger charge is -2.36. The fourth-order valence-corrected chi connectivity index (χ4v) is 4.21. The minimum absolute atomic E-state index is 0. The molecule has 2 aliphatic heterocycles. The summed E-state index contributed by atoms with van der Waals surface area (Å²) in [5.74, 6) is 1.61. The summed E-state index contributed by atoms with van der Waals surface area (Å²) in [4.78, 5) is 28.5. The van der Waals surface area contributed by atoms with Gasteiger partial charge in [0.15, 0.2) is 0 Å². The monoisotopic (exact) mass is 435 g/mol. The molecule has 0 saturated carbocycles. The first-order valence-electron chi connectivity index (χ1n) is 8.96. The Labute approximate surface area is 173 Å². The van der Waals surface area contributed by atoms with Crippen molar-refractivity contribution in [3.63, 3.8) is 0 Å². The van der Waals surface area contributed by atoms with Crippen molar-refractivity contribution in [3.8, 4) is 5.75 Å². The Kier molecular flexibility index (Phi) is 8.78. The summed E-state index contributed by atoms with van der Waals surface area (Å²) in [7, 11) is 0. The molecule has 2 heterocycles. The highest BCUT2D eigenvalue weighted by molar-refractivity contribution is 7.99. The average Bonchev–Trinajstić information content (AvgIpc) is 2.68. The van der Waals surface area contributed by atoms with E-state index in [0.29, 0.717) is 32.6 Å². The van der Waals surface area contributed by atoms with Gasteiger partial charge in [-0.1, -0.05) is 12.1 Å². The fourth-order valence-electron chi connectivity index (χ4n) is 3.26. The number of alkyl halides is 2. The largest absolute Gasteiger partial charge is 0.434 e. The van der Waals surface area contributed by atoms with E-state index >= 15 is 0 Å². The second-order valence-corrected chi connectivity index (χ2v) is 7.63. The Bertz CT molecular complexity index is 669. The number of carbonyl (C=O) groups excluding carboxylic acids is 2. The van der Waals surface area contributed by atoms with Crippen molar-refractivity contribution in [2.24, 2.45) is 0 Å². The molecule has 10 heteroatoms. The molecule has 2 saturated heterocycles. The highest BCUT2D eigenvalue weighted by atomic mass is 35.5. The number of halogens is 3. The molecule has 156 valence electrons. The smallest absolute Gasteiger partial charge is 0.387 e. The van der Waals surface area contributed by atoms with Gasteiger partial charge in [0.05, 0.1) is 5.56 Å². The maximum absolute atomic E-state index is 12.7. The van der Waals surface area contributed by atoms with Crippen LogP contribution in [0.5, 0.6) is 5.75 Å². The number of benzene rings is 1. The summed E-state index contributed by atoms with van der Waals surface area (Å²) in [5.41, 5.74) is 0.112. The summed E-state index contributed by atoms with van der Waals surface area (Å²) in [6.07, 6.45) is 0.464. The molecule has 1 N–H and O–H groups in total. The minimum atomic E-state index is -2.99. The number of nitrogens with one attached hydrogen (secondary N) is 1. The highest BCUT2D eigenvalue weighted by Crippen LogP contribution is 2.22. The quantitative estimate of drug-likeness (QED) is 0.767. The first kappa shape index (κ1) is 22.7. The number of hydrogen-bond acceptors (Lipinski definition) is 5. The lowest BCUT2D eigenvalue weighted by atomic mass is 10.1. The fraction of sp³-hybridized carbons (Fsp3) is 0.556. The Balaban J connectivity index is 0.00000280. The predicted molar refractivity (Wildman–Crippen MR) is 107 cm³/mol. The Morgan fingerprint density at radius 3 is 2.50 bits per heavy atom. The van der Waals surface area contributed by atoms with E-state index in [1.54, 1.807) is 21.9 Å². The minimum Gasteiger partial charge on any atom is -0.434 e. The lowest BCUT2D eigenvalue weighted by molar-refractivity contribution is -0.133. The molecular weight excluding hydrogens is 412 g/mol. The van der Waals surface area contributed by atoms with E-state index in [0.717, 1.165) is 18.1 Å². The molecule has 1 aromatic carbocycles. The number of amides is 2. The number of piperazine rings is 1. The van der Waals surface area contributed by atoms with Gasteiger partial charge in [0.25, 0.3) is 5.91 Å². The Morgan fingerprint density at radius 2 is 1.86 bits per heavy atom. The average molecular weight is 436 g/mol. The third-order valence-electron chi connectivity index (χ3n) is 4.67. The molecular formula is C18H24ClF2N3O3S. The van der Waals surface area contributed by atoms with E-state index in [-0.39, 0.29) is 41.6 Å². The van der Waals surface area contributed by atoms with E-state index in [1.165, 1.54) is 12.1 Å². The van der Waals surface area contributed by atoms with Gasteiger partial charge < -0.3 is 19.9 Å². The van der Waals surface area contributed by atoms with Crippen molar-refractivity contribution in [1.82, 2.24) is 15.1 Å². The van der Waals surface area contributed by atoms with Gasteiger partial charge in [0.1, 0.15) is 5.75 Å². The Morgan fingerprint density at radius 1 is 1.18 bits per heavy atom. The highest BCUT2D eigenvalue weighted by Gasteiger charge is 2.28. The van der Waals surface area contributed by atoms with E-state index in [1.807, 2.05) is 11.8 Å². The molecule has 0 bridgehead atoms. The molecule has 0 spiro atoms. The maximum Gasteiger partial charge on any atom is 0.387 e. The van der Waals surface area contributed by atoms with E-state index in [9.17, 15) is 18.4 Å². The van der Waals surface area contributed by atoms with Crippen molar-refractivity contribution in [2.45, 2.75) is 19.1 Å². The van der Waals surface area contributed by atoms with Crippen LogP contribution in [0.1, 0.15) is 16.8 Å². The number of para-hydroxylation sites is 1. The van der Waals surface area contributed by atoms with Crippen LogP contribution in [0.4, 0.5) is 8.78 Å². The van der Waals surface area contributed by atoms with Gasteiger partial charge in [-0.3, -0.25) is 9.59 Å². The number of nitrogens with zero attached hydrogens (tertiary/aromatic N) is 2. The third kappa shape index (κ3) is 5.96. The number of ether oxygens (including phenoxy) is 1. The van der Waals surface area contributed by atoms with Crippen LogP contribution in [-0.4, -0.2) is 78.5 Å². The Hall–Kier alpha value is -1.58. The molecule has 1 unspecified atom stereocenters. The van der Waals surface area contributed by atoms with Gasteiger partial charge >= 0.3 is 6.61 Å². The normalized spacial score (nSPS) is 19.9. The topological polar surface area (TPSA) is 61.9 Å². The molecule has 0 radical (unpaired) electrons. The molecule has 1 atom stereocenters. The first-order chi connectivity index (χ1) is 13.0. The molecule has 2 aliphatic rings. The van der Waals surface area contributed by atoms with Crippen LogP contribution in [0.3, 0.4) is 0 Å². The van der Waals surface area contributed by atoms with E-state index < -0.39 is 6.61 Å². The molecule has 3 rings (SSSR count). The van der Waals surface area contributed by atoms with Crippen LogP contribution in [0.25, 0.3) is 0 Å². The van der Waals surface area contributed by atoms with Crippen LogP contribution in [0, 0.1) is 0 Å². The third-order valence-corrected chi connectivity index (χ3v) is 5.80. The molecule has 0 aliphatic carbocycles. The van der Waals surface area contributed by atoms with E-state index in [2.05, 4.69) is 10.1 Å². The molecule has 0 aromatic heterocycles. The molecule has 6 nitrogen and oxygen atoms in total.